The second kappa shape index (κ2) is 9.49. The standard InChI is InChI=1S/C26H29F3N4O/c27-26(28,29)22-11-7-10-21(30-22)19-12-16-33(17-13-19)18-23-31-24(32-34-23)25(14-5-2-6-15-25)20-8-3-1-4-9-20/h1,3-4,7-11,19H,2,5-6,12-18H2. The first-order valence-corrected chi connectivity index (χ1v) is 12.1. The van der Waals surface area contributed by atoms with Crippen molar-refractivity contribution in [2.75, 3.05) is 13.1 Å². The molecule has 8 heteroatoms. The number of rotatable bonds is 5. The van der Waals surface area contributed by atoms with Crippen molar-refractivity contribution in [2.24, 2.45) is 0 Å². The Morgan fingerprint density at radius 1 is 0.912 bits per heavy atom. The van der Waals surface area contributed by atoms with Crippen LogP contribution in [0.5, 0.6) is 0 Å². The first-order valence-electron chi connectivity index (χ1n) is 12.1. The molecule has 3 heterocycles. The molecular weight excluding hydrogens is 441 g/mol. The number of likely N-dealkylation sites (tertiary alicyclic amines) is 1. The fraction of sp³-hybridized carbons (Fsp3) is 0.500. The van der Waals surface area contributed by atoms with E-state index in [4.69, 9.17) is 9.51 Å². The maximum absolute atomic E-state index is 13.0. The lowest BCUT2D eigenvalue weighted by Gasteiger charge is -2.35. The zero-order chi connectivity index (χ0) is 23.6. The maximum Gasteiger partial charge on any atom is 0.433 e. The van der Waals surface area contributed by atoms with Gasteiger partial charge in [-0.25, -0.2) is 4.98 Å². The van der Waals surface area contributed by atoms with E-state index in [0.29, 0.717) is 18.1 Å². The normalized spacial score (nSPS) is 19.9. The minimum atomic E-state index is -4.41. The summed E-state index contributed by atoms with van der Waals surface area (Å²) in [5.41, 5.74) is 0.762. The highest BCUT2D eigenvalue weighted by molar-refractivity contribution is 5.33. The van der Waals surface area contributed by atoms with Crippen LogP contribution in [0, 0.1) is 0 Å². The average molecular weight is 471 g/mol. The van der Waals surface area contributed by atoms with Gasteiger partial charge in [-0.05, 0) is 56.5 Å². The van der Waals surface area contributed by atoms with E-state index in [0.717, 1.165) is 63.5 Å². The van der Waals surface area contributed by atoms with Gasteiger partial charge in [-0.15, -0.1) is 0 Å². The lowest BCUT2D eigenvalue weighted by Crippen LogP contribution is -2.33. The van der Waals surface area contributed by atoms with E-state index < -0.39 is 11.9 Å². The van der Waals surface area contributed by atoms with Gasteiger partial charge in [0.05, 0.1) is 12.0 Å². The highest BCUT2D eigenvalue weighted by atomic mass is 19.4. The molecule has 0 bridgehead atoms. The highest BCUT2D eigenvalue weighted by Gasteiger charge is 2.40. The number of hydrogen-bond acceptors (Lipinski definition) is 5. The van der Waals surface area contributed by atoms with Crippen LogP contribution in [0.4, 0.5) is 13.2 Å². The first-order chi connectivity index (χ1) is 16.4. The predicted molar refractivity (Wildman–Crippen MR) is 121 cm³/mol. The minimum absolute atomic E-state index is 0.0281. The second-order valence-corrected chi connectivity index (χ2v) is 9.52. The molecule has 2 aliphatic rings. The summed E-state index contributed by atoms with van der Waals surface area (Å²) < 4.78 is 44.7. The molecule has 0 amide bonds. The summed E-state index contributed by atoms with van der Waals surface area (Å²) >= 11 is 0. The van der Waals surface area contributed by atoms with Gasteiger partial charge in [-0.3, -0.25) is 4.90 Å². The Morgan fingerprint density at radius 3 is 2.35 bits per heavy atom. The van der Waals surface area contributed by atoms with Crippen LogP contribution in [0.1, 0.15) is 79.5 Å². The van der Waals surface area contributed by atoms with Gasteiger partial charge in [0.2, 0.25) is 5.89 Å². The summed E-state index contributed by atoms with van der Waals surface area (Å²) in [6, 6.07) is 14.7. The number of pyridine rings is 1. The van der Waals surface area contributed by atoms with E-state index in [-0.39, 0.29) is 11.3 Å². The van der Waals surface area contributed by atoms with Gasteiger partial charge >= 0.3 is 6.18 Å². The van der Waals surface area contributed by atoms with Crippen LogP contribution in [0.3, 0.4) is 0 Å². The molecule has 2 aromatic heterocycles. The number of hydrogen-bond donors (Lipinski definition) is 0. The Kier molecular flexibility index (Phi) is 6.42. The quantitative estimate of drug-likeness (QED) is 0.450. The van der Waals surface area contributed by atoms with E-state index in [2.05, 4.69) is 39.3 Å². The van der Waals surface area contributed by atoms with Crippen LogP contribution in [0.15, 0.2) is 53.1 Å². The lowest BCUT2D eigenvalue weighted by atomic mass is 9.69. The van der Waals surface area contributed by atoms with Crippen molar-refractivity contribution in [3.8, 4) is 0 Å². The fourth-order valence-electron chi connectivity index (χ4n) is 5.48. The van der Waals surface area contributed by atoms with Crippen molar-refractivity contribution in [3.63, 3.8) is 0 Å². The Bertz CT molecular complexity index is 1080. The summed E-state index contributed by atoms with van der Waals surface area (Å²) in [5.74, 6) is 1.41. The summed E-state index contributed by atoms with van der Waals surface area (Å²) in [7, 11) is 0. The van der Waals surface area contributed by atoms with Crippen molar-refractivity contribution < 1.29 is 17.7 Å². The molecule has 0 N–H and O–H groups in total. The molecule has 180 valence electrons. The molecule has 1 saturated carbocycles. The molecule has 5 nitrogen and oxygen atoms in total. The van der Waals surface area contributed by atoms with Crippen molar-refractivity contribution in [1.82, 2.24) is 20.0 Å². The van der Waals surface area contributed by atoms with Gasteiger partial charge in [-0.1, -0.05) is 60.8 Å². The van der Waals surface area contributed by atoms with Crippen LogP contribution in [0.25, 0.3) is 0 Å². The Balaban J connectivity index is 1.25. The molecule has 1 saturated heterocycles. The van der Waals surface area contributed by atoms with E-state index in [1.807, 2.05) is 6.07 Å². The van der Waals surface area contributed by atoms with E-state index in [1.54, 1.807) is 6.07 Å². The van der Waals surface area contributed by atoms with Gasteiger partial charge in [-0.2, -0.15) is 18.2 Å². The number of halogens is 3. The SMILES string of the molecule is FC(F)(F)c1cccc(C2CCN(Cc3nc(C4(c5ccccc5)CCCCC4)no3)CC2)n1. The number of alkyl halides is 3. The van der Waals surface area contributed by atoms with Gasteiger partial charge in [0.15, 0.2) is 5.82 Å². The zero-order valence-electron chi connectivity index (χ0n) is 19.1. The lowest BCUT2D eigenvalue weighted by molar-refractivity contribution is -0.141. The van der Waals surface area contributed by atoms with Gasteiger partial charge in [0.1, 0.15) is 5.69 Å². The molecule has 0 spiro atoms. The van der Waals surface area contributed by atoms with Gasteiger partial charge in [0.25, 0.3) is 0 Å². The van der Waals surface area contributed by atoms with E-state index in [9.17, 15) is 13.2 Å². The predicted octanol–water partition coefficient (Wildman–Crippen LogP) is 6.11. The first kappa shape index (κ1) is 23.0. The number of piperidine rings is 1. The molecule has 0 atom stereocenters. The molecule has 1 aliphatic carbocycles. The van der Waals surface area contributed by atoms with Crippen LogP contribution >= 0.6 is 0 Å². The van der Waals surface area contributed by atoms with Crippen LogP contribution in [-0.2, 0) is 18.1 Å². The van der Waals surface area contributed by atoms with Gasteiger partial charge < -0.3 is 4.52 Å². The summed E-state index contributed by atoms with van der Waals surface area (Å²) in [6.07, 6.45) is 2.66. The Hall–Kier alpha value is -2.74. The van der Waals surface area contributed by atoms with Crippen molar-refractivity contribution in [3.05, 3.63) is 77.2 Å². The monoisotopic (exact) mass is 470 g/mol. The van der Waals surface area contributed by atoms with Crippen LogP contribution < -0.4 is 0 Å². The summed E-state index contributed by atoms with van der Waals surface area (Å²) in [6.45, 7) is 2.06. The minimum Gasteiger partial charge on any atom is -0.338 e. The smallest absolute Gasteiger partial charge is 0.338 e. The van der Waals surface area contributed by atoms with Crippen molar-refractivity contribution >= 4 is 0 Å². The third-order valence-corrected chi connectivity index (χ3v) is 7.36. The fourth-order valence-corrected chi connectivity index (χ4v) is 5.48. The van der Waals surface area contributed by atoms with Crippen LogP contribution in [0.2, 0.25) is 0 Å². The zero-order valence-corrected chi connectivity index (χ0v) is 19.1. The maximum atomic E-state index is 13.0. The molecule has 2 fully saturated rings. The molecule has 1 aliphatic heterocycles. The molecule has 3 aromatic rings. The Labute approximate surface area is 197 Å². The number of aromatic nitrogens is 3. The largest absolute Gasteiger partial charge is 0.433 e. The summed E-state index contributed by atoms with van der Waals surface area (Å²) in [5, 5.41) is 4.42. The topological polar surface area (TPSA) is 55.1 Å². The third-order valence-electron chi connectivity index (χ3n) is 7.36. The number of benzene rings is 1. The summed E-state index contributed by atoms with van der Waals surface area (Å²) in [4.78, 5) is 11.0. The molecule has 0 unspecified atom stereocenters. The Morgan fingerprint density at radius 2 is 1.65 bits per heavy atom. The molecular formula is C26H29F3N4O. The molecule has 34 heavy (non-hydrogen) atoms. The highest BCUT2D eigenvalue weighted by Crippen LogP contribution is 2.43. The molecule has 1 aromatic carbocycles. The van der Waals surface area contributed by atoms with E-state index in [1.165, 1.54) is 18.1 Å². The average Bonchev–Trinajstić information content (AvgIpc) is 3.34. The molecule has 5 rings (SSSR count). The van der Waals surface area contributed by atoms with Gasteiger partial charge in [0, 0.05) is 11.6 Å². The van der Waals surface area contributed by atoms with Crippen molar-refractivity contribution in [1.29, 1.82) is 0 Å². The second-order valence-electron chi connectivity index (χ2n) is 9.52. The molecule has 0 radical (unpaired) electrons. The van der Waals surface area contributed by atoms with Crippen LogP contribution in [-0.4, -0.2) is 33.1 Å². The van der Waals surface area contributed by atoms with E-state index >= 15 is 0 Å². The van der Waals surface area contributed by atoms with Crippen molar-refractivity contribution in [2.45, 2.75) is 69.0 Å². The number of nitrogens with zero attached hydrogens (tertiary/aromatic N) is 4. The third kappa shape index (κ3) is 4.73.